The maximum absolute atomic E-state index is 13.4. The molecule has 2 fully saturated rings. The molecule has 0 saturated carbocycles. The third-order valence-electron chi connectivity index (χ3n) is 22.1. The number of amides is 1. The van der Waals surface area contributed by atoms with Gasteiger partial charge in [-0.3, -0.25) is 4.79 Å². The zero-order valence-corrected chi connectivity index (χ0v) is 66.6. The van der Waals surface area contributed by atoms with Crippen LogP contribution >= 0.6 is 0 Å². The normalized spacial score (nSPS) is 21.7. The van der Waals surface area contributed by atoms with Crippen LogP contribution in [-0.2, 0) is 23.7 Å². The van der Waals surface area contributed by atoms with Gasteiger partial charge in [-0.2, -0.15) is 0 Å². The van der Waals surface area contributed by atoms with E-state index in [4.69, 9.17) is 18.9 Å². The lowest BCUT2D eigenvalue weighted by Crippen LogP contribution is -2.65. The highest BCUT2D eigenvalue weighted by molar-refractivity contribution is 5.76. The van der Waals surface area contributed by atoms with Crippen molar-refractivity contribution in [1.29, 1.82) is 0 Å². The van der Waals surface area contributed by atoms with Crippen molar-refractivity contribution in [2.45, 2.75) is 511 Å². The van der Waals surface area contributed by atoms with Gasteiger partial charge in [0.2, 0.25) is 5.91 Å². The molecule has 1 amide bonds. The highest BCUT2D eigenvalue weighted by atomic mass is 16.7. The Morgan fingerprint density at radius 3 is 0.961 bits per heavy atom. The lowest BCUT2D eigenvalue weighted by molar-refractivity contribution is -0.359. The van der Waals surface area contributed by atoms with E-state index in [9.17, 15) is 45.6 Å². The lowest BCUT2D eigenvalue weighted by atomic mass is 9.97. The van der Waals surface area contributed by atoms with Crippen LogP contribution in [0, 0.1) is 0 Å². The average Bonchev–Trinajstić information content (AvgIpc) is 0.791. The first-order chi connectivity index (χ1) is 50.1. The summed E-state index contributed by atoms with van der Waals surface area (Å²) in [7, 11) is 0. The van der Waals surface area contributed by atoms with Crippen LogP contribution in [0.1, 0.15) is 438 Å². The second-order valence-corrected chi connectivity index (χ2v) is 31.7. The van der Waals surface area contributed by atoms with Crippen molar-refractivity contribution in [3.05, 3.63) is 24.3 Å². The first kappa shape index (κ1) is 96.5. The highest BCUT2D eigenvalue weighted by Gasteiger charge is 2.51. The molecule has 14 nitrogen and oxygen atoms in total. The summed E-state index contributed by atoms with van der Waals surface area (Å²) in [6.07, 6.45) is 78.8. The van der Waals surface area contributed by atoms with Crippen LogP contribution in [0.15, 0.2) is 24.3 Å². The van der Waals surface area contributed by atoms with E-state index >= 15 is 0 Å². The van der Waals surface area contributed by atoms with Crippen LogP contribution in [0.3, 0.4) is 0 Å². The molecular weight excluding hydrogens is 1280 g/mol. The minimum atomic E-state index is -1.79. The summed E-state index contributed by atoms with van der Waals surface area (Å²) in [4.78, 5) is 13.4. The van der Waals surface area contributed by atoms with E-state index in [2.05, 4.69) is 31.3 Å². The number of hydrogen-bond donors (Lipinski definition) is 9. The lowest BCUT2D eigenvalue weighted by Gasteiger charge is -2.46. The largest absolute Gasteiger partial charge is 0.394 e. The van der Waals surface area contributed by atoms with E-state index in [1.165, 1.54) is 372 Å². The molecule has 0 aromatic carbocycles. The molecule has 604 valence electrons. The Bertz CT molecular complexity index is 1810. The fourth-order valence-electron chi connectivity index (χ4n) is 15.1. The standard InChI is InChI=1S/C88H169NO13/c1-3-5-7-9-11-13-15-17-19-21-23-25-27-29-31-33-35-36-37-38-39-40-41-42-44-46-48-50-52-54-56-58-60-62-64-66-68-70-72-80(93)89-76(75-99-87-85(98)83(96)86(79(74-91)101-87)102-88-84(97)82(95)81(94)78(73-90)100-88)77(92)71-69-67-65-63-61-59-57-55-53-51-49-47-45-43-34-32-30-28-26-24-22-20-18-16-14-12-10-8-6-4-2/h61,63,69,71,76-79,81-88,90-92,94-98H,3-60,62,64-68,70,72-75H2,1-2H3,(H,89,93)/b63-61+,71-69+. The van der Waals surface area contributed by atoms with Gasteiger partial charge in [-0.05, 0) is 32.1 Å². The molecule has 9 N–H and O–H groups in total. The SMILES string of the molecule is CCCCCCCCCCCCCCCCCCCCCCCCCC/C=C/CC/C=C/C(O)C(COC1OC(CO)C(OC2OC(CO)C(O)C(O)C2O)C(O)C1O)NC(=O)CCCCCCCCCCCCCCCCCCCCCCCCCCCCCCCCCCCCCCCC. The maximum atomic E-state index is 13.4. The van der Waals surface area contributed by atoms with Crippen molar-refractivity contribution >= 4 is 5.91 Å². The molecule has 0 aliphatic carbocycles. The van der Waals surface area contributed by atoms with E-state index in [0.29, 0.717) is 12.8 Å². The van der Waals surface area contributed by atoms with Gasteiger partial charge in [-0.25, -0.2) is 0 Å². The number of nitrogens with one attached hydrogen (secondary N) is 1. The molecule has 0 radical (unpaired) electrons. The number of unbranched alkanes of at least 4 members (excludes halogenated alkanes) is 62. The molecule has 14 heteroatoms. The van der Waals surface area contributed by atoms with Crippen LogP contribution in [0.4, 0.5) is 0 Å². The summed E-state index contributed by atoms with van der Waals surface area (Å²) >= 11 is 0. The molecule has 2 aliphatic heterocycles. The van der Waals surface area contributed by atoms with Gasteiger partial charge in [0, 0.05) is 6.42 Å². The van der Waals surface area contributed by atoms with E-state index in [1.807, 2.05) is 6.08 Å². The number of aliphatic hydroxyl groups excluding tert-OH is 8. The minimum absolute atomic E-state index is 0.238. The first-order valence-corrected chi connectivity index (χ1v) is 44.6. The molecule has 0 spiro atoms. The van der Waals surface area contributed by atoms with Crippen molar-refractivity contribution in [3.8, 4) is 0 Å². The fraction of sp³-hybridized carbons (Fsp3) is 0.943. The number of hydrogen-bond acceptors (Lipinski definition) is 13. The van der Waals surface area contributed by atoms with Crippen molar-refractivity contribution < 1.29 is 64.6 Å². The molecule has 12 unspecified atom stereocenters. The van der Waals surface area contributed by atoms with Gasteiger partial charge in [0.1, 0.15) is 48.8 Å². The van der Waals surface area contributed by atoms with Crippen molar-refractivity contribution in [2.75, 3.05) is 19.8 Å². The van der Waals surface area contributed by atoms with Gasteiger partial charge in [0.15, 0.2) is 12.6 Å². The molecule has 2 heterocycles. The molecular formula is C88H169NO13. The van der Waals surface area contributed by atoms with E-state index in [-0.39, 0.29) is 18.9 Å². The zero-order valence-electron chi connectivity index (χ0n) is 66.6. The van der Waals surface area contributed by atoms with Crippen LogP contribution in [0.2, 0.25) is 0 Å². The van der Waals surface area contributed by atoms with Crippen molar-refractivity contribution in [1.82, 2.24) is 5.32 Å². The molecule has 2 saturated heterocycles. The van der Waals surface area contributed by atoms with Crippen molar-refractivity contribution in [3.63, 3.8) is 0 Å². The van der Waals surface area contributed by atoms with Crippen molar-refractivity contribution in [2.24, 2.45) is 0 Å². The minimum Gasteiger partial charge on any atom is -0.394 e. The Morgan fingerprint density at radius 2 is 0.627 bits per heavy atom. The molecule has 0 aromatic rings. The van der Waals surface area contributed by atoms with E-state index in [1.54, 1.807) is 6.08 Å². The van der Waals surface area contributed by atoms with Gasteiger partial charge in [-0.1, -0.05) is 423 Å². The molecule has 2 aliphatic rings. The molecule has 102 heavy (non-hydrogen) atoms. The van der Waals surface area contributed by atoms with E-state index < -0.39 is 86.8 Å². The predicted molar refractivity (Wildman–Crippen MR) is 425 cm³/mol. The van der Waals surface area contributed by atoms with Gasteiger partial charge in [-0.15, -0.1) is 0 Å². The Kier molecular flexibility index (Phi) is 68.5. The number of carbonyl (C=O) groups excluding carboxylic acids is 1. The third-order valence-corrected chi connectivity index (χ3v) is 22.1. The second kappa shape index (κ2) is 72.3. The highest BCUT2D eigenvalue weighted by Crippen LogP contribution is 2.31. The summed E-state index contributed by atoms with van der Waals surface area (Å²) < 4.78 is 22.9. The average molecular weight is 1450 g/mol. The second-order valence-electron chi connectivity index (χ2n) is 31.7. The van der Waals surface area contributed by atoms with Gasteiger partial charge in [0.25, 0.3) is 0 Å². The first-order valence-electron chi connectivity index (χ1n) is 44.6. The quantitative estimate of drug-likeness (QED) is 0.0204. The summed E-state index contributed by atoms with van der Waals surface area (Å²) in [6, 6.07) is -0.931. The van der Waals surface area contributed by atoms with Gasteiger partial charge >= 0.3 is 0 Å². The molecule has 0 bridgehead atoms. The molecule has 0 aromatic heterocycles. The van der Waals surface area contributed by atoms with Gasteiger partial charge in [0.05, 0.1) is 32.0 Å². The van der Waals surface area contributed by atoms with Crippen LogP contribution < -0.4 is 5.32 Å². The van der Waals surface area contributed by atoms with Crippen LogP contribution in [-0.4, -0.2) is 140 Å². The van der Waals surface area contributed by atoms with E-state index in [0.717, 1.165) is 32.1 Å². The summed E-state index contributed by atoms with van der Waals surface area (Å²) in [5.41, 5.74) is 0. The Labute approximate surface area is 628 Å². The molecule has 12 atom stereocenters. The number of ether oxygens (including phenoxy) is 4. The third kappa shape index (κ3) is 54.1. The summed E-state index contributed by atoms with van der Waals surface area (Å²) in [6.45, 7) is 2.87. The molecule has 2 rings (SSSR count). The monoisotopic (exact) mass is 1450 g/mol. The Hall–Kier alpha value is -1.53. The fourth-order valence-corrected chi connectivity index (χ4v) is 15.1. The zero-order chi connectivity index (χ0) is 73.7. The smallest absolute Gasteiger partial charge is 0.220 e. The predicted octanol–water partition coefficient (Wildman–Crippen LogP) is 21.4. The Morgan fingerprint density at radius 1 is 0.343 bits per heavy atom. The van der Waals surface area contributed by atoms with Crippen LogP contribution in [0.5, 0.6) is 0 Å². The van der Waals surface area contributed by atoms with Crippen LogP contribution in [0.25, 0.3) is 0 Å². The summed E-state index contributed by atoms with van der Waals surface area (Å²) in [5, 5.41) is 87.8. The van der Waals surface area contributed by atoms with Gasteiger partial charge < -0.3 is 65.1 Å². The number of carbonyl (C=O) groups is 1. The number of allylic oxidation sites excluding steroid dienone is 3. The number of rotatable bonds is 77. The summed E-state index contributed by atoms with van der Waals surface area (Å²) in [5.74, 6) is -0.238. The number of aliphatic hydroxyl groups is 8. The Balaban J connectivity index is 1.57. The maximum Gasteiger partial charge on any atom is 0.220 e. The topological polar surface area (TPSA) is 228 Å².